The molecule has 1 atom stereocenters. The van der Waals surface area contributed by atoms with Gasteiger partial charge in [0.1, 0.15) is 0 Å². The first-order chi connectivity index (χ1) is 10.1. The molecule has 1 aliphatic heterocycles. The van der Waals surface area contributed by atoms with Crippen LogP contribution in [0.3, 0.4) is 0 Å². The van der Waals surface area contributed by atoms with Crippen LogP contribution in [0.4, 0.5) is 0 Å². The molecular weight excluding hydrogens is 270 g/mol. The molecule has 1 unspecified atom stereocenters. The topological polar surface area (TPSA) is 79.5 Å². The molecule has 21 heavy (non-hydrogen) atoms. The van der Waals surface area contributed by atoms with Gasteiger partial charge >= 0.3 is 5.97 Å². The summed E-state index contributed by atoms with van der Waals surface area (Å²) in [6, 6.07) is 7.89. The lowest BCUT2D eigenvalue weighted by Gasteiger charge is -2.11. The smallest absolute Gasteiger partial charge is 0.307 e. The normalized spacial score (nSPS) is 19.0. The van der Waals surface area contributed by atoms with Crippen LogP contribution < -0.4 is 0 Å². The van der Waals surface area contributed by atoms with Crippen LogP contribution in [0.2, 0.25) is 0 Å². The van der Waals surface area contributed by atoms with Crippen LogP contribution in [0, 0.1) is 12.8 Å². The summed E-state index contributed by atoms with van der Waals surface area (Å²) >= 11 is 0. The lowest BCUT2D eigenvalue weighted by atomic mass is 10.1. The predicted octanol–water partition coefficient (Wildman–Crippen LogP) is 1.95. The molecule has 1 aromatic heterocycles. The third-order valence-electron chi connectivity index (χ3n) is 3.75. The summed E-state index contributed by atoms with van der Waals surface area (Å²) in [7, 11) is 0. The maximum atomic E-state index is 10.9. The number of carboxylic acid groups (broad SMARTS) is 1. The van der Waals surface area contributed by atoms with Crippen LogP contribution in [0.25, 0.3) is 11.5 Å². The van der Waals surface area contributed by atoms with Crippen molar-refractivity contribution in [2.75, 3.05) is 13.1 Å². The number of carboxylic acids is 1. The van der Waals surface area contributed by atoms with Crippen molar-refractivity contribution >= 4 is 5.97 Å². The third kappa shape index (κ3) is 3.11. The van der Waals surface area contributed by atoms with Gasteiger partial charge in [-0.1, -0.05) is 17.7 Å². The van der Waals surface area contributed by atoms with Crippen molar-refractivity contribution in [3.63, 3.8) is 0 Å². The van der Waals surface area contributed by atoms with Crippen LogP contribution in [0.15, 0.2) is 28.7 Å². The summed E-state index contributed by atoms with van der Waals surface area (Å²) in [5.74, 6) is 0.00320. The fourth-order valence-corrected chi connectivity index (χ4v) is 2.50. The van der Waals surface area contributed by atoms with E-state index in [2.05, 4.69) is 10.2 Å². The van der Waals surface area contributed by atoms with Gasteiger partial charge in [-0.15, -0.1) is 10.2 Å². The number of nitrogens with zero attached hydrogens (tertiary/aromatic N) is 3. The second kappa shape index (κ2) is 5.65. The molecule has 3 rings (SSSR count). The van der Waals surface area contributed by atoms with Gasteiger partial charge in [0.2, 0.25) is 11.8 Å². The van der Waals surface area contributed by atoms with E-state index in [1.165, 1.54) is 5.56 Å². The number of likely N-dealkylation sites (tertiary alicyclic amines) is 1. The average molecular weight is 287 g/mol. The van der Waals surface area contributed by atoms with Crippen molar-refractivity contribution in [1.29, 1.82) is 0 Å². The standard InChI is InChI=1S/C15H17N3O3/c1-10-2-4-11(5-3-10)14-17-16-13(21-14)9-18-7-6-12(8-18)15(19)20/h2-5,12H,6-9H2,1H3,(H,19,20). The number of benzene rings is 1. The fraction of sp³-hybridized carbons (Fsp3) is 0.400. The first kappa shape index (κ1) is 13.8. The second-order valence-electron chi connectivity index (χ2n) is 5.43. The van der Waals surface area contributed by atoms with Crippen LogP contribution in [0.5, 0.6) is 0 Å². The Morgan fingerprint density at radius 2 is 2.14 bits per heavy atom. The van der Waals surface area contributed by atoms with E-state index < -0.39 is 5.97 Å². The SMILES string of the molecule is Cc1ccc(-c2nnc(CN3CCC(C(=O)O)C3)o2)cc1. The van der Waals surface area contributed by atoms with Crippen LogP contribution in [-0.2, 0) is 11.3 Å². The molecule has 6 heteroatoms. The summed E-state index contributed by atoms with van der Waals surface area (Å²) in [4.78, 5) is 13.0. The van der Waals surface area contributed by atoms with E-state index in [0.717, 1.165) is 12.1 Å². The van der Waals surface area contributed by atoms with Gasteiger partial charge in [-0.3, -0.25) is 9.69 Å². The molecule has 0 amide bonds. The zero-order valence-corrected chi connectivity index (χ0v) is 11.8. The minimum absolute atomic E-state index is 0.288. The van der Waals surface area contributed by atoms with Crippen molar-refractivity contribution in [1.82, 2.24) is 15.1 Å². The quantitative estimate of drug-likeness (QED) is 0.926. The zero-order valence-electron chi connectivity index (χ0n) is 11.8. The predicted molar refractivity (Wildman–Crippen MR) is 75.5 cm³/mol. The largest absolute Gasteiger partial charge is 0.481 e. The average Bonchev–Trinajstić information content (AvgIpc) is 3.10. The summed E-state index contributed by atoms with van der Waals surface area (Å²) in [6.07, 6.45) is 0.675. The molecule has 6 nitrogen and oxygen atoms in total. The molecule has 0 saturated carbocycles. The Labute approximate surface area is 122 Å². The molecule has 2 heterocycles. The maximum Gasteiger partial charge on any atom is 0.307 e. The van der Waals surface area contributed by atoms with Gasteiger partial charge in [-0.05, 0) is 32.0 Å². The van der Waals surface area contributed by atoms with Crippen LogP contribution in [-0.4, -0.2) is 39.3 Å². The lowest BCUT2D eigenvalue weighted by molar-refractivity contribution is -0.141. The minimum atomic E-state index is -0.733. The van der Waals surface area contributed by atoms with Crippen molar-refractivity contribution in [3.8, 4) is 11.5 Å². The van der Waals surface area contributed by atoms with Gasteiger partial charge < -0.3 is 9.52 Å². The molecule has 0 spiro atoms. The number of aryl methyl sites for hydroxylation is 1. The Morgan fingerprint density at radius 3 is 2.81 bits per heavy atom. The lowest BCUT2D eigenvalue weighted by Crippen LogP contribution is -2.22. The highest BCUT2D eigenvalue weighted by atomic mass is 16.4. The minimum Gasteiger partial charge on any atom is -0.481 e. The van der Waals surface area contributed by atoms with Gasteiger partial charge in [0.15, 0.2) is 0 Å². The van der Waals surface area contributed by atoms with E-state index in [1.54, 1.807) is 0 Å². The Balaban J connectivity index is 1.66. The molecule has 110 valence electrons. The molecule has 1 N–H and O–H groups in total. The zero-order chi connectivity index (χ0) is 14.8. The summed E-state index contributed by atoms with van der Waals surface area (Å²) in [6.45, 7) is 3.81. The van der Waals surface area contributed by atoms with E-state index >= 15 is 0 Å². The van der Waals surface area contributed by atoms with Gasteiger partial charge in [0.05, 0.1) is 12.5 Å². The fourth-order valence-electron chi connectivity index (χ4n) is 2.50. The highest BCUT2D eigenvalue weighted by molar-refractivity contribution is 5.70. The van der Waals surface area contributed by atoms with Crippen molar-refractivity contribution in [2.24, 2.45) is 5.92 Å². The van der Waals surface area contributed by atoms with Crippen molar-refractivity contribution in [3.05, 3.63) is 35.7 Å². The summed E-state index contributed by atoms with van der Waals surface area (Å²) < 4.78 is 5.66. The molecule has 1 saturated heterocycles. The van der Waals surface area contributed by atoms with Gasteiger partial charge in [0.25, 0.3) is 0 Å². The number of carbonyl (C=O) groups is 1. The number of hydrogen-bond donors (Lipinski definition) is 1. The number of aliphatic carboxylic acids is 1. The monoisotopic (exact) mass is 287 g/mol. The second-order valence-corrected chi connectivity index (χ2v) is 5.43. The van der Waals surface area contributed by atoms with E-state index in [0.29, 0.717) is 31.3 Å². The van der Waals surface area contributed by atoms with Crippen molar-refractivity contribution in [2.45, 2.75) is 19.9 Å². The number of aromatic nitrogens is 2. The summed E-state index contributed by atoms with van der Waals surface area (Å²) in [5, 5.41) is 17.1. The Kier molecular flexibility index (Phi) is 3.70. The first-order valence-corrected chi connectivity index (χ1v) is 6.96. The van der Waals surface area contributed by atoms with E-state index in [4.69, 9.17) is 9.52 Å². The van der Waals surface area contributed by atoms with Crippen LogP contribution in [0.1, 0.15) is 17.9 Å². The molecular formula is C15H17N3O3. The Morgan fingerprint density at radius 1 is 1.38 bits per heavy atom. The highest BCUT2D eigenvalue weighted by Gasteiger charge is 2.28. The molecule has 1 aliphatic rings. The Hall–Kier alpha value is -2.21. The first-order valence-electron chi connectivity index (χ1n) is 6.96. The highest BCUT2D eigenvalue weighted by Crippen LogP contribution is 2.21. The van der Waals surface area contributed by atoms with E-state index in [9.17, 15) is 4.79 Å². The number of hydrogen-bond acceptors (Lipinski definition) is 5. The molecule has 0 radical (unpaired) electrons. The molecule has 1 fully saturated rings. The molecule has 2 aromatic rings. The van der Waals surface area contributed by atoms with E-state index in [-0.39, 0.29) is 5.92 Å². The van der Waals surface area contributed by atoms with Gasteiger partial charge in [-0.2, -0.15) is 0 Å². The Bertz CT molecular complexity index is 636. The van der Waals surface area contributed by atoms with Gasteiger partial charge in [0, 0.05) is 12.1 Å². The summed E-state index contributed by atoms with van der Waals surface area (Å²) in [5.41, 5.74) is 2.07. The molecule has 1 aromatic carbocycles. The van der Waals surface area contributed by atoms with Crippen molar-refractivity contribution < 1.29 is 14.3 Å². The third-order valence-corrected chi connectivity index (χ3v) is 3.75. The number of rotatable bonds is 4. The van der Waals surface area contributed by atoms with Crippen LogP contribution >= 0.6 is 0 Å². The molecule has 0 aliphatic carbocycles. The maximum absolute atomic E-state index is 10.9. The van der Waals surface area contributed by atoms with Gasteiger partial charge in [-0.25, -0.2) is 0 Å². The molecule has 0 bridgehead atoms. The van der Waals surface area contributed by atoms with E-state index in [1.807, 2.05) is 36.1 Å².